The van der Waals surface area contributed by atoms with Gasteiger partial charge in [0.05, 0.1) is 19.8 Å². The Morgan fingerprint density at radius 1 is 1.37 bits per heavy atom. The highest BCUT2D eigenvalue weighted by molar-refractivity contribution is 5.82. The SMILES string of the molecule is CCNC(CN1CCOCC1)(C(=O)OCC)C1CC1. The molecule has 0 aromatic rings. The number of morpholine rings is 1. The van der Waals surface area contributed by atoms with Crippen LogP contribution in [-0.2, 0) is 14.3 Å². The molecule has 19 heavy (non-hydrogen) atoms. The van der Waals surface area contributed by atoms with E-state index in [9.17, 15) is 4.79 Å². The van der Waals surface area contributed by atoms with E-state index in [-0.39, 0.29) is 5.97 Å². The molecule has 0 spiro atoms. The number of ether oxygens (including phenoxy) is 2. The second-order valence-corrected chi connectivity index (χ2v) is 5.38. The standard InChI is InChI=1S/C14H26N2O3/c1-3-15-14(12-5-6-12,13(17)19-4-2)11-16-7-9-18-10-8-16/h12,15H,3-11H2,1-2H3. The number of carbonyl (C=O) groups excluding carboxylic acids is 1. The van der Waals surface area contributed by atoms with E-state index in [1.807, 2.05) is 6.92 Å². The largest absolute Gasteiger partial charge is 0.465 e. The summed E-state index contributed by atoms with van der Waals surface area (Å²) >= 11 is 0. The normalized spacial score (nSPS) is 23.9. The smallest absolute Gasteiger partial charge is 0.327 e. The molecule has 0 bridgehead atoms. The number of hydrogen-bond acceptors (Lipinski definition) is 5. The Balaban J connectivity index is 2.08. The van der Waals surface area contributed by atoms with Gasteiger partial charge in [-0.25, -0.2) is 4.79 Å². The van der Waals surface area contributed by atoms with Gasteiger partial charge < -0.3 is 14.8 Å². The molecule has 5 heteroatoms. The molecule has 1 aliphatic carbocycles. The molecule has 1 unspecified atom stereocenters. The van der Waals surface area contributed by atoms with Crippen LogP contribution in [0, 0.1) is 5.92 Å². The summed E-state index contributed by atoms with van der Waals surface area (Å²) in [6.45, 7) is 9.23. The minimum absolute atomic E-state index is 0.0779. The second-order valence-electron chi connectivity index (χ2n) is 5.38. The molecule has 0 aromatic heterocycles. The van der Waals surface area contributed by atoms with Crippen LogP contribution in [-0.4, -0.2) is 62.4 Å². The van der Waals surface area contributed by atoms with Crippen LogP contribution in [0.2, 0.25) is 0 Å². The van der Waals surface area contributed by atoms with Crippen molar-refractivity contribution < 1.29 is 14.3 Å². The summed E-state index contributed by atoms with van der Waals surface area (Å²) in [5, 5.41) is 3.43. The number of hydrogen-bond donors (Lipinski definition) is 1. The maximum Gasteiger partial charge on any atom is 0.327 e. The number of carbonyl (C=O) groups is 1. The molecule has 0 amide bonds. The molecule has 1 aliphatic heterocycles. The molecule has 0 radical (unpaired) electrons. The van der Waals surface area contributed by atoms with Gasteiger partial charge in [-0.2, -0.15) is 0 Å². The number of rotatable bonds is 7. The quantitative estimate of drug-likeness (QED) is 0.688. The first-order chi connectivity index (χ1) is 9.23. The zero-order valence-corrected chi connectivity index (χ0v) is 12.1. The minimum atomic E-state index is -0.512. The Kier molecular flexibility index (Phi) is 5.19. The van der Waals surface area contributed by atoms with Gasteiger partial charge in [0.2, 0.25) is 0 Å². The van der Waals surface area contributed by atoms with Crippen LogP contribution in [0.5, 0.6) is 0 Å². The topological polar surface area (TPSA) is 50.8 Å². The van der Waals surface area contributed by atoms with E-state index in [1.54, 1.807) is 0 Å². The predicted octanol–water partition coefficient (Wildman–Crippen LogP) is 0.640. The number of esters is 1. The third kappa shape index (κ3) is 3.46. The summed E-state index contributed by atoms with van der Waals surface area (Å²) in [6.07, 6.45) is 2.24. The van der Waals surface area contributed by atoms with Crippen molar-refractivity contribution >= 4 is 5.97 Å². The van der Waals surface area contributed by atoms with Gasteiger partial charge in [0, 0.05) is 19.6 Å². The van der Waals surface area contributed by atoms with E-state index in [0.717, 1.165) is 52.2 Å². The van der Waals surface area contributed by atoms with Crippen LogP contribution >= 0.6 is 0 Å². The Hall–Kier alpha value is -0.650. The van der Waals surface area contributed by atoms with Crippen molar-refractivity contribution in [1.29, 1.82) is 0 Å². The zero-order chi connectivity index (χ0) is 13.7. The summed E-state index contributed by atoms with van der Waals surface area (Å²) in [6, 6.07) is 0. The molecule has 1 saturated heterocycles. The molecule has 0 aromatic carbocycles. The van der Waals surface area contributed by atoms with Crippen molar-refractivity contribution in [2.75, 3.05) is 46.0 Å². The lowest BCUT2D eigenvalue weighted by Crippen LogP contribution is -2.62. The van der Waals surface area contributed by atoms with Crippen LogP contribution in [0.25, 0.3) is 0 Å². The van der Waals surface area contributed by atoms with Crippen molar-refractivity contribution in [2.45, 2.75) is 32.2 Å². The highest BCUT2D eigenvalue weighted by Gasteiger charge is 2.52. The minimum Gasteiger partial charge on any atom is -0.465 e. The van der Waals surface area contributed by atoms with Crippen LogP contribution in [0.4, 0.5) is 0 Å². The fraction of sp³-hybridized carbons (Fsp3) is 0.929. The van der Waals surface area contributed by atoms with Gasteiger partial charge in [-0.05, 0) is 32.2 Å². The van der Waals surface area contributed by atoms with Crippen LogP contribution in [0.15, 0.2) is 0 Å². The van der Waals surface area contributed by atoms with Gasteiger partial charge in [0.25, 0.3) is 0 Å². The summed E-state index contributed by atoms with van der Waals surface area (Å²) in [4.78, 5) is 14.8. The van der Waals surface area contributed by atoms with E-state index >= 15 is 0 Å². The average molecular weight is 270 g/mol. The molecular formula is C14H26N2O3. The van der Waals surface area contributed by atoms with E-state index in [1.165, 1.54) is 0 Å². The Bertz CT molecular complexity index is 301. The summed E-state index contributed by atoms with van der Waals surface area (Å²) in [5.41, 5.74) is -0.512. The molecule has 1 heterocycles. The first kappa shape index (κ1) is 14.8. The first-order valence-corrected chi connectivity index (χ1v) is 7.45. The molecule has 1 N–H and O–H groups in total. The summed E-state index contributed by atoms with van der Waals surface area (Å²) in [5.74, 6) is 0.347. The van der Waals surface area contributed by atoms with Gasteiger partial charge in [-0.1, -0.05) is 6.92 Å². The fourth-order valence-electron chi connectivity index (χ4n) is 2.90. The molecule has 2 rings (SSSR count). The zero-order valence-electron chi connectivity index (χ0n) is 12.1. The number of nitrogens with one attached hydrogen (secondary N) is 1. The lowest BCUT2D eigenvalue weighted by Gasteiger charge is -2.38. The number of nitrogens with zero attached hydrogens (tertiary/aromatic N) is 1. The predicted molar refractivity (Wildman–Crippen MR) is 73.0 cm³/mol. The van der Waals surface area contributed by atoms with Crippen LogP contribution in [0.3, 0.4) is 0 Å². The Morgan fingerprint density at radius 2 is 2.05 bits per heavy atom. The van der Waals surface area contributed by atoms with Crippen LogP contribution in [0.1, 0.15) is 26.7 Å². The van der Waals surface area contributed by atoms with Gasteiger partial charge in [0.15, 0.2) is 0 Å². The second kappa shape index (κ2) is 6.68. The lowest BCUT2D eigenvalue weighted by atomic mass is 9.91. The molecule has 2 fully saturated rings. The van der Waals surface area contributed by atoms with E-state index < -0.39 is 5.54 Å². The van der Waals surface area contributed by atoms with E-state index in [0.29, 0.717) is 12.5 Å². The van der Waals surface area contributed by atoms with Crippen molar-refractivity contribution in [2.24, 2.45) is 5.92 Å². The van der Waals surface area contributed by atoms with Gasteiger partial charge in [0.1, 0.15) is 5.54 Å². The van der Waals surface area contributed by atoms with Crippen molar-refractivity contribution in [3.8, 4) is 0 Å². The van der Waals surface area contributed by atoms with Crippen molar-refractivity contribution in [3.05, 3.63) is 0 Å². The summed E-state index contributed by atoms with van der Waals surface area (Å²) < 4.78 is 10.7. The maximum absolute atomic E-state index is 12.5. The molecule has 2 aliphatic rings. The lowest BCUT2D eigenvalue weighted by molar-refractivity contribution is -0.154. The first-order valence-electron chi connectivity index (χ1n) is 7.45. The average Bonchev–Trinajstić information content (AvgIpc) is 3.24. The van der Waals surface area contributed by atoms with Gasteiger partial charge in [-0.3, -0.25) is 4.90 Å². The Morgan fingerprint density at radius 3 is 2.58 bits per heavy atom. The van der Waals surface area contributed by atoms with Gasteiger partial charge >= 0.3 is 5.97 Å². The molecule has 110 valence electrons. The van der Waals surface area contributed by atoms with Crippen molar-refractivity contribution in [3.63, 3.8) is 0 Å². The van der Waals surface area contributed by atoms with Gasteiger partial charge in [-0.15, -0.1) is 0 Å². The van der Waals surface area contributed by atoms with E-state index in [4.69, 9.17) is 9.47 Å². The highest BCUT2D eigenvalue weighted by atomic mass is 16.5. The third-order valence-corrected chi connectivity index (χ3v) is 3.98. The highest BCUT2D eigenvalue weighted by Crippen LogP contribution is 2.41. The fourth-order valence-corrected chi connectivity index (χ4v) is 2.90. The summed E-state index contributed by atoms with van der Waals surface area (Å²) in [7, 11) is 0. The molecule has 1 atom stereocenters. The van der Waals surface area contributed by atoms with E-state index in [2.05, 4.69) is 17.1 Å². The molecule has 5 nitrogen and oxygen atoms in total. The Labute approximate surface area is 115 Å². The molecule has 1 saturated carbocycles. The third-order valence-electron chi connectivity index (χ3n) is 3.98. The number of likely N-dealkylation sites (N-methyl/N-ethyl adjacent to an activating group) is 1. The maximum atomic E-state index is 12.5. The monoisotopic (exact) mass is 270 g/mol. The van der Waals surface area contributed by atoms with Crippen LogP contribution < -0.4 is 5.32 Å². The van der Waals surface area contributed by atoms with Crippen molar-refractivity contribution in [1.82, 2.24) is 10.2 Å². The molecular weight excluding hydrogens is 244 g/mol.